The summed E-state index contributed by atoms with van der Waals surface area (Å²) in [7, 11) is 0. The van der Waals surface area contributed by atoms with Crippen LogP contribution in [-0.2, 0) is 0 Å². The maximum absolute atomic E-state index is 12.1. The fourth-order valence-corrected chi connectivity index (χ4v) is 2.58. The van der Waals surface area contributed by atoms with E-state index in [-0.39, 0.29) is 11.8 Å². The molecule has 0 aromatic heterocycles. The Morgan fingerprint density at radius 1 is 1.20 bits per heavy atom. The van der Waals surface area contributed by atoms with E-state index in [2.05, 4.69) is 27.3 Å². The Kier molecular flexibility index (Phi) is 3.74. The fourth-order valence-electron chi connectivity index (χ4n) is 2.32. The number of carbonyl (C=O) groups is 1. The Morgan fingerprint density at radius 3 is 2.75 bits per heavy atom. The molecule has 4 heteroatoms. The first-order valence-corrected chi connectivity index (χ1v) is 7.29. The molecule has 1 heterocycles. The highest BCUT2D eigenvalue weighted by Crippen LogP contribution is 2.32. The molecule has 3 nitrogen and oxygen atoms in total. The number of hydrogen-bond acceptors (Lipinski definition) is 2. The number of ether oxygens (including phenoxy) is 1. The number of hydrogen-bond donors (Lipinski definition) is 1. The number of benzene rings is 2. The molecule has 0 saturated heterocycles. The molecule has 1 amide bonds. The number of rotatable bonds is 3. The summed E-state index contributed by atoms with van der Waals surface area (Å²) in [6.45, 7) is 1.21. The van der Waals surface area contributed by atoms with Gasteiger partial charge in [0, 0.05) is 28.1 Å². The van der Waals surface area contributed by atoms with Crippen LogP contribution < -0.4 is 10.1 Å². The van der Waals surface area contributed by atoms with Gasteiger partial charge in [-0.3, -0.25) is 4.79 Å². The van der Waals surface area contributed by atoms with Crippen LogP contribution in [0.3, 0.4) is 0 Å². The zero-order chi connectivity index (χ0) is 13.9. The van der Waals surface area contributed by atoms with Crippen LogP contribution in [0.25, 0.3) is 0 Å². The molecule has 0 spiro atoms. The number of amides is 1. The van der Waals surface area contributed by atoms with E-state index in [1.165, 1.54) is 5.56 Å². The van der Waals surface area contributed by atoms with Gasteiger partial charge in [0.1, 0.15) is 5.75 Å². The highest BCUT2D eigenvalue weighted by Gasteiger charge is 2.23. The number of nitrogens with one attached hydrogen (secondary N) is 1. The molecule has 0 saturated carbocycles. The largest absolute Gasteiger partial charge is 0.493 e. The van der Waals surface area contributed by atoms with Gasteiger partial charge in [0.05, 0.1) is 6.61 Å². The van der Waals surface area contributed by atoms with Crippen molar-refractivity contribution in [1.82, 2.24) is 5.32 Å². The molecule has 0 fully saturated rings. The third-order valence-electron chi connectivity index (χ3n) is 3.41. The maximum atomic E-state index is 12.1. The van der Waals surface area contributed by atoms with Crippen molar-refractivity contribution in [2.75, 3.05) is 13.2 Å². The van der Waals surface area contributed by atoms with Crippen LogP contribution in [0.2, 0.25) is 0 Å². The van der Waals surface area contributed by atoms with Crippen molar-refractivity contribution < 1.29 is 9.53 Å². The second kappa shape index (κ2) is 5.67. The van der Waals surface area contributed by atoms with Crippen molar-refractivity contribution in [2.45, 2.75) is 5.92 Å². The first-order chi connectivity index (χ1) is 9.74. The maximum Gasteiger partial charge on any atom is 0.251 e. The van der Waals surface area contributed by atoms with E-state index in [0.29, 0.717) is 18.7 Å². The van der Waals surface area contributed by atoms with Crippen molar-refractivity contribution in [2.24, 2.45) is 0 Å². The Balaban J connectivity index is 1.63. The zero-order valence-corrected chi connectivity index (χ0v) is 12.4. The van der Waals surface area contributed by atoms with Gasteiger partial charge in [-0.25, -0.2) is 0 Å². The normalized spacial score (nSPS) is 16.4. The topological polar surface area (TPSA) is 38.3 Å². The van der Waals surface area contributed by atoms with E-state index in [9.17, 15) is 4.79 Å². The summed E-state index contributed by atoms with van der Waals surface area (Å²) in [6.07, 6.45) is 0. The van der Waals surface area contributed by atoms with Crippen molar-refractivity contribution in [3.8, 4) is 5.75 Å². The summed E-state index contributed by atoms with van der Waals surface area (Å²) >= 11 is 3.36. The molecule has 2 aromatic carbocycles. The average Bonchev–Trinajstić information content (AvgIpc) is 2.89. The molecule has 1 atom stereocenters. The molecule has 20 heavy (non-hydrogen) atoms. The van der Waals surface area contributed by atoms with E-state index in [4.69, 9.17) is 4.74 Å². The van der Waals surface area contributed by atoms with Gasteiger partial charge in [0.15, 0.2) is 0 Å². The Bertz CT molecular complexity index is 625. The summed E-state index contributed by atoms with van der Waals surface area (Å²) in [4.78, 5) is 12.1. The Hall–Kier alpha value is -1.81. The lowest BCUT2D eigenvalue weighted by Crippen LogP contribution is -2.28. The van der Waals surface area contributed by atoms with Crippen LogP contribution in [0.1, 0.15) is 21.8 Å². The number of carbonyl (C=O) groups excluding carboxylic acids is 1. The quantitative estimate of drug-likeness (QED) is 0.936. The molecule has 0 bridgehead atoms. The minimum atomic E-state index is -0.0538. The van der Waals surface area contributed by atoms with Crippen LogP contribution in [0, 0.1) is 0 Å². The minimum Gasteiger partial charge on any atom is -0.493 e. The van der Waals surface area contributed by atoms with Crippen LogP contribution in [0.4, 0.5) is 0 Å². The van der Waals surface area contributed by atoms with Gasteiger partial charge < -0.3 is 10.1 Å². The molecule has 0 radical (unpaired) electrons. The molecule has 102 valence electrons. The standard InChI is InChI=1S/C16H14BrNO2/c17-13-7-5-11(6-8-13)16(19)18-9-12-10-20-15-4-2-1-3-14(12)15/h1-8,12H,9-10H2,(H,18,19). The van der Waals surface area contributed by atoms with Gasteiger partial charge in [-0.05, 0) is 30.3 Å². The van der Waals surface area contributed by atoms with E-state index >= 15 is 0 Å². The molecule has 3 rings (SSSR count). The molecular weight excluding hydrogens is 318 g/mol. The fraction of sp³-hybridized carbons (Fsp3) is 0.188. The monoisotopic (exact) mass is 331 g/mol. The number of halogens is 1. The van der Waals surface area contributed by atoms with E-state index in [1.54, 1.807) is 12.1 Å². The van der Waals surface area contributed by atoms with Crippen LogP contribution >= 0.6 is 15.9 Å². The van der Waals surface area contributed by atoms with Gasteiger partial charge >= 0.3 is 0 Å². The molecule has 1 aliphatic rings. The lowest BCUT2D eigenvalue weighted by Gasteiger charge is -2.10. The number of para-hydroxylation sites is 1. The lowest BCUT2D eigenvalue weighted by molar-refractivity contribution is 0.0950. The Morgan fingerprint density at radius 2 is 1.95 bits per heavy atom. The summed E-state index contributed by atoms with van der Waals surface area (Å²) in [6, 6.07) is 15.3. The second-order valence-electron chi connectivity index (χ2n) is 4.76. The first kappa shape index (κ1) is 13.2. The predicted molar refractivity (Wildman–Crippen MR) is 81.2 cm³/mol. The summed E-state index contributed by atoms with van der Waals surface area (Å²) in [5, 5.41) is 2.97. The van der Waals surface area contributed by atoms with Gasteiger partial charge in [-0.15, -0.1) is 0 Å². The molecule has 0 aliphatic carbocycles. The molecule has 1 unspecified atom stereocenters. The highest BCUT2D eigenvalue weighted by molar-refractivity contribution is 9.10. The average molecular weight is 332 g/mol. The predicted octanol–water partition coefficient (Wildman–Crippen LogP) is 3.36. The van der Waals surface area contributed by atoms with Gasteiger partial charge in [0.2, 0.25) is 0 Å². The summed E-state index contributed by atoms with van der Waals surface area (Å²) in [5.74, 6) is 1.10. The van der Waals surface area contributed by atoms with E-state index in [1.807, 2.05) is 30.3 Å². The van der Waals surface area contributed by atoms with Crippen molar-refractivity contribution in [1.29, 1.82) is 0 Å². The van der Waals surface area contributed by atoms with E-state index < -0.39 is 0 Å². The van der Waals surface area contributed by atoms with Gasteiger partial charge in [-0.1, -0.05) is 34.1 Å². The van der Waals surface area contributed by atoms with Crippen molar-refractivity contribution in [3.05, 3.63) is 64.1 Å². The molecule has 1 aliphatic heterocycles. The minimum absolute atomic E-state index is 0.0538. The van der Waals surface area contributed by atoms with Crippen molar-refractivity contribution in [3.63, 3.8) is 0 Å². The summed E-state index contributed by atoms with van der Waals surface area (Å²) in [5.41, 5.74) is 1.84. The highest BCUT2D eigenvalue weighted by atomic mass is 79.9. The molecular formula is C16H14BrNO2. The zero-order valence-electron chi connectivity index (χ0n) is 10.8. The van der Waals surface area contributed by atoms with Gasteiger partial charge in [0.25, 0.3) is 5.91 Å². The van der Waals surface area contributed by atoms with Crippen molar-refractivity contribution >= 4 is 21.8 Å². The smallest absolute Gasteiger partial charge is 0.251 e. The summed E-state index contributed by atoms with van der Waals surface area (Å²) < 4.78 is 6.57. The molecule has 2 aromatic rings. The SMILES string of the molecule is O=C(NCC1COc2ccccc21)c1ccc(Br)cc1. The van der Waals surface area contributed by atoms with Crippen LogP contribution in [-0.4, -0.2) is 19.1 Å². The van der Waals surface area contributed by atoms with Gasteiger partial charge in [-0.2, -0.15) is 0 Å². The second-order valence-corrected chi connectivity index (χ2v) is 5.68. The van der Waals surface area contributed by atoms with Crippen LogP contribution in [0.5, 0.6) is 5.75 Å². The first-order valence-electron chi connectivity index (χ1n) is 6.49. The van der Waals surface area contributed by atoms with Crippen LogP contribution in [0.15, 0.2) is 53.0 Å². The van der Waals surface area contributed by atoms with E-state index in [0.717, 1.165) is 10.2 Å². The Labute approximate surface area is 126 Å². The number of fused-ring (bicyclic) bond motifs is 1. The molecule has 1 N–H and O–H groups in total. The third-order valence-corrected chi connectivity index (χ3v) is 3.94. The third kappa shape index (κ3) is 2.70. The lowest BCUT2D eigenvalue weighted by atomic mass is 10.0.